The van der Waals surface area contributed by atoms with Crippen LogP contribution in [0.2, 0.25) is 0 Å². The molecule has 31 heavy (non-hydrogen) atoms. The number of benzene rings is 2. The highest BCUT2D eigenvalue weighted by Gasteiger charge is 2.43. The number of carbonyl (C=O) groups excluding carboxylic acids is 3. The Morgan fingerprint density at radius 2 is 1.77 bits per heavy atom. The van der Waals surface area contributed by atoms with Crippen LogP contribution >= 0.6 is 0 Å². The Hall–Kier alpha value is -3.43. The van der Waals surface area contributed by atoms with Gasteiger partial charge in [-0.15, -0.1) is 0 Å². The number of fused-ring (bicyclic) bond motifs is 2. The number of hydrogen-bond acceptors (Lipinski definition) is 8. The van der Waals surface area contributed by atoms with Crippen LogP contribution in [0.25, 0.3) is 10.8 Å². The molecular formula is C22H24N2O7. The first-order valence-electron chi connectivity index (χ1n) is 9.58. The van der Waals surface area contributed by atoms with Crippen molar-refractivity contribution in [2.24, 2.45) is 17.4 Å². The Bertz CT molecular complexity index is 1170. The van der Waals surface area contributed by atoms with Gasteiger partial charge in [0.05, 0.1) is 17.0 Å². The number of aryl methyl sites for hydroxylation is 2. The number of phenols is 2. The summed E-state index contributed by atoms with van der Waals surface area (Å²) in [5, 5.41) is 42.9. The third-order valence-electron chi connectivity index (χ3n) is 6.00. The molecule has 0 saturated heterocycles. The minimum atomic E-state index is -1.74. The van der Waals surface area contributed by atoms with Crippen molar-refractivity contribution in [2.45, 2.75) is 39.3 Å². The quantitative estimate of drug-likeness (QED) is 0.179. The van der Waals surface area contributed by atoms with Crippen molar-refractivity contribution in [3.05, 3.63) is 45.7 Å². The van der Waals surface area contributed by atoms with Crippen molar-refractivity contribution in [1.82, 2.24) is 0 Å². The van der Waals surface area contributed by atoms with Crippen LogP contribution in [0.5, 0.6) is 11.5 Å². The number of nitrogens with two attached hydrogens (primary N) is 2. The molecule has 8 N–H and O–H groups in total. The number of amides is 1. The molecule has 3 atom stereocenters. The molecule has 0 radical (unpaired) electrons. The first-order chi connectivity index (χ1) is 14.4. The largest absolute Gasteiger partial charge is 0.510 e. The standard InChI is InChI=1S/C22H24N2O7/c1-7-4-5-10-8(2)11-6-12(16(23)20(29)13(9(3)25)22(24)31)18(27)21(30)15(11)19(28)14(10)17(7)26/h4-5,12,16,18,26-29H,6,23H2,1-3H3,(H2,24,31)/b20-13-/t12?,16-,18+/m1/s1. The first kappa shape index (κ1) is 22.3. The summed E-state index contributed by atoms with van der Waals surface area (Å²) in [5.41, 5.74) is 11.8. The van der Waals surface area contributed by atoms with Crippen LogP contribution < -0.4 is 11.5 Å². The minimum absolute atomic E-state index is 0.0403. The van der Waals surface area contributed by atoms with Crippen LogP contribution in [0.15, 0.2) is 23.5 Å². The fourth-order valence-corrected chi connectivity index (χ4v) is 4.25. The lowest BCUT2D eigenvalue weighted by Crippen LogP contribution is -2.48. The second kappa shape index (κ2) is 7.68. The molecule has 9 nitrogen and oxygen atoms in total. The number of Topliss-reactive ketones (excluding diaryl/α,β-unsaturated/α-hetero) is 2. The Balaban J connectivity index is 2.22. The number of ketones is 2. The normalized spacial score (nSPS) is 20.2. The summed E-state index contributed by atoms with van der Waals surface area (Å²) in [4.78, 5) is 36.3. The van der Waals surface area contributed by atoms with Gasteiger partial charge in [-0.3, -0.25) is 14.4 Å². The van der Waals surface area contributed by atoms with E-state index in [9.17, 15) is 34.8 Å². The molecule has 0 fully saturated rings. The first-order valence-corrected chi connectivity index (χ1v) is 9.58. The van der Waals surface area contributed by atoms with E-state index in [2.05, 4.69) is 0 Å². The van der Waals surface area contributed by atoms with Crippen molar-refractivity contribution in [3.8, 4) is 11.5 Å². The average Bonchev–Trinajstić information content (AvgIpc) is 2.68. The minimum Gasteiger partial charge on any atom is -0.510 e. The van der Waals surface area contributed by atoms with Crippen molar-refractivity contribution in [3.63, 3.8) is 0 Å². The average molecular weight is 428 g/mol. The molecule has 2 aromatic rings. The van der Waals surface area contributed by atoms with E-state index in [0.29, 0.717) is 22.1 Å². The van der Waals surface area contributed by atoms with E-state index in [0.717, 1.165) is 6.92 Å². The second-order valence-electron chi connectivity index (χ2n) is 7.86. The number of primary amides is 1. The van der Waals surface area contributed by atoms with Crippen LogP contribution in [-0.4, -0.2) is 50.0 Å². The molecule has 0 aliphatic heterocycles. The zero-order valence-corrected chi connectivity index (χ0v) is 17.3. The molecule has 3 rings (SSSR count). The summed E-state index contributed by atoms with van der Waals surface area (Å²) in [6.07, 6.45) is -1.78. The SMILES string of the molecule is CC(=O)/C(C(N)=O)=C(/O)[C@H](N)C1Cc2c(c(O)c3c(O)c(C)ccc3c2C)C(=O)[C@H]1O. The summed E-state index contributed by atoms with van der Waals surface area (Å²) in [5.74, 6) is -5.35. The monoisotopic (exact) mass is 428 g/mol. The van der Waals surface area contributed by atoms with Gasteiger partial charge in [-0.25, -0.2) is 0 Å². The molecule has 1 aliphatic carbocycles. The van der Waals surface area contributed by atoms with Gasteiger partial charge >= 0.3 is 0 Å². The maximum absolute atomic E-state index is 13.0. The van der Waals surface area contributed by atoms with Gasteiger partial charge in [0.2, 0.25) is 0 Å². The van der Waals surface area contributed by atoms with Crippen LogP contribution in [0.4, 0.5) is 0 Å². The lowest BCUT2D eigenvalue weighted by molar-refractivity contribution is -0.120. The van der Waals surface area contributed by atoms with E-state index in [4.69, 9.17) is 11.5 Å². The van der Waals surface area contributed by atoms with Gasteiger partial charge in [0.1, 0.15) is 28.9 Å². The summed E-state index contributed by atoms with van der Waals surface area (Å²) >= 11 is 0. The van der Waals surface area contributed by atoms with Gasteiger partial charge in [-0.2, -0.15) is 0 Å². The Morgan fingerprint density at radius 3 is 2.32 bits per heavy atom. The van der Waals surface area contributed by atoms with Gasteiger partial charge in [0, 0.05) is 5.92 Å². The Kier molecular flexibility index (Phi) is 5.51. The zero-order valence-electron chi connectivity index (χ0n) is 17.3. The second-order valence-corrected chi connectivity index (χ2v) is 7.86. The van der Waals surface area contributed by atoms with Crippen molar-refractivity contribution in [1.29, 1.82) is 0 Å². The van der Waals surface area contributed by atoms with E-state index in [-0.39, 0.29) is 23.1 Å². The molecule has 1 aliphatic rings. The maximum atomic E-state index is 13.0. The van der Waals surface area contributed by atoms with Crippen LogP contribution in [-0.2, 0) is 16.0 Å². The van der Waals surface area contributed by atoms with Crippen LogP contribution in [0, 0.1) is 19.8 Å². The number of phenolic OH excluding ortho intramolecular Hbond substituents is 2. The number of aromatic hydroxyl groups is 2. The van der Waals surface area contributed by atoms with Gasteiger partial charge in [0.25, 0.3) is 5.91 Å². The highest BCUT2D eigenvalue weighted by Crippen LogP contribution is 2.45. The third-order valence-corrected chi connectivity index (χ3v) is 6.00. The molecule has 0 saturated carbocycles. The van der Waals surface area contributed by atoms with Gasteiger partial charge in [0.15, 0.2) is 11.6 Å². The van der Waals surface area contributed by atoms with Crippen molar-refractivity contribution >= 4 is 28.2 Å². The van der Waals surface area contributed by atoms with Gasteiger partial charge < -0.3 is 31.9 Å². The van der Waals surface area contributed by atoms with E-state index >= 15 is 0 Å². The number of rotatable bonds is 4. The Labute approximate surface area is 177 Å². The third kappa shape index (κ3) is 3.31. The molecule has 0 spiro atoms. The number of hydrogen-bond donors (Lipinski definition) is 6. The van der Waals surface area contributed by atoms with Gasteiger partial charge in [-0.05, 0) is 49.3 Å². The predicted molar refractivity (Wildman–Crippen MR) is 112 cm³/mol. The molecule has 2 aromatic carbocycles. The smallest absolute Gasteiger partial charge is 0.255 e. The molecule has 1 amide bonds. The predicted octanol–water partition coefficient (Wildman–Crippen LogP) is 0.797. The summed E-state index contributed by atoms with van der Waals surface area (Å²) in [6.45, 7) is 4.38. The number of aliphatic hydroxyl groups is 2. The summed E-state index contributed by atoms with van der Waals surface area (Å²) in [7, 11) is 0. The summed E-state index contributed by atoms with van der Waals surface area (Å²) < 4.78 is 0. The van der Waals surface area contributed by atoms with Gasteiger partial charge in [-0.1, -0.05) is 12.1 Å². The fourth-order valence-electron chi connectivity index (χ4n) is 4.25. The van der Waals surface area contributed by atoms with Crippen LogP contribution in [0.1, 0.15) is 34.0 Å². The van der Waals surface area contributed by atoms with Crippen LogP contribution in [0.3, 0.4) is 0 Å². The molecule has 9 heteroatoms. The molecule has 164 valence electrons. The molecule has 1 unspecified atom stereocenters. The van der Waals surface area contributed by atoms with Crippen molar-refractivity contribution < 1.29 is 34.8 Å². The molecule has 0 bridgehead atoms. The highest BCUT2D eigenvalue weighted by atomic mass is 16.3. The van der Waals surface area contributed by atoms with E-state index < -0.39 is 52.6 Å². The number of carbonyl (C=O) groups is 3. The van der Waals surface area contributed by atoms with E-state index in [1.54, 1.807) is 26.0 Å². The fraction of sp³-hybridized carbons (Fsp3) is 0.318. The lowest BCUT2D eigenvalue weighted by Gasteiger charge is -2.34. The molecular weight excluding hydrogens is 404 g/mol. The van der Waals surface area contributed by atoms with E-state index in [1.165, 1.54) is 0 Å². The summed E-state index contributed by atoms with van der Waals surface area (Å²) in [6, 6.07) is 1.92. The lowest BCUT2D eigenvalue weighted by atomic mass is 9.73. The Morgan fingerprint density at radius 1 is 1.16 bits per heavy atom. The van der Waals surface area contributed by atoms with Crippen molar-refractivity contribution in [2.75, 3.05) is 0 Å². The maximum Gasteiger partial charge on any atom is 0.255 e. The topological polar surface area (TPSA) is 184 Å². The molecule has 0 heterocycles. The van der Waals surface area contributed by atoms with E-state index in [1.807, 2.05) is 0 Å². The highest BCUT2D eigenvalue weighted by molar-refractivity contribution is 6.18. The zero-order chi connectivity index (χ0) is 23.4. The molecule has 0 aromatic heterocycles. The number of aliphatic hydroxyl groups excluding tert-OH is 2.